The number of halogens is 2. The van der Waals surface area contributed by atoms with E-state index in [-0.39, 0.29) is 17.5 Å². The maximum Gasteiger partial charge on any atom is 0.225 e. The second-order valence-corrected chi connectivity index (χ2v) is 5.77. The van der Waals surface area contributed by atoms with E-state index in [0.717, 1.165) is 0 Å². The molecule has 0 atom stereocenters. The number of anilines is 1. The van der Waals surface area contributed by atoms with Gasteiger partial charge < -0.3 is 15.0 Å². The number of para-hydroxylation sites is 2. The van der Waals surface area contributed by atoms with E-state index >= 15 is 0 Å². The lowest BCUT2D eigenvalue weighted by molar-refractivity contribution is -0.116. The van der Waals surface area contributed by atoms with E-state index in [4.69, 9.17) is 16.3 Å². The third kappa shape index (κ3) is 5.83. The van der Waals surface area contributed by atoms with Crippen molar-refractivity contribution in [1.82, 2.24) is 4.90 Å². The summed E-state index contributed by atoms with van der Waals surface area (Å²) >= 11 is 6.00. The van der Waals surface area contributed by atoms with Gasteiger partial charge in [0.05, 0.1) is 10.7 Å². The Morgan fingerprint density at radius 3 is 2.62 bits per heavy atom. The molecule has 0 aliphatic rings. The van der Waals surface area contributed by atoms with E-state index in [1.54, 1.807) is 36.4 Å². The molecule has 2 aromatic carbocycles. The molecule has 0 saturated carbocycles. The van der Waals surface area contributed by atoms with Gasteiger partial charge in [-0.25, -0.2) is 4.39 Å². The van der Waals surface area contributed by atoms with Crippen molar-refractivity contribution in [2.75, 3.05) is 32.1 Å². The highest BCUT2D eigenvalue weighted by molar-refractivity contribution is 6.33. The molecule has 0 aliphatic carbocycles. The highest BCUT2D eigenvalue weighted by Crippen LogP contribution is 2.20. The number of nitrogens with one attached hydrogen (secondary N) is 1. The summed E-state index contributed by atoms with van der Waals surface area (Å²) in [4.78, 5) is 13.9. The van der Waals surface area contributed by atoms with Crippen molar-refractivity contribution < 1.29 is 13.9 Å². The second-order valence-electron chi connectivity index (χ2n) is 5.36. The summed E-state index contributed by atoms with van der Waals surface area (Å²) < 4.78 is 18.8. The number of hydrogen-bond donors (Lipinski definition) is 1. The predicted molar refractivity (Wildman–Crippen MR) is 94.1 cm³/mol. The first kappa shape index (κ1) is 18.2. The summed E-state index contributed by atoms with van der Waals surface area (Å²) in [6, 6.07) is 13.4. The van der Waals surface area contributed by atoms with Gasteiger partial charge in [0.2, 0.25) is 5.91 Å². The second kappa shape index (κ2) is 9.25. The third-order valence-electron chi connectivity index (χ3n) is 3.44. The number of likely N-dealkylation sites (N-methyl/N-ethyl adjacent to an activating group) is 1. The quantitative estimate of drug-likeness (QED) is 0.787. The molecule has 1 N–H and O–H groups in total. The van der Waals surface area contributed by atoms with Crippen LogP contribution in [0.15, 0.2) is 48.5 Å². The Morgan fingerprint density at radius 2 is 1.88 bits per heavy atom. The number of hydrogen-bond acceptors (Lipinski definition) is 3. The van der Waals surface area contributed by atoms with Gasteiger partial charge in [-0.3, -0.25) is 4.79 Å². The lowest BCUT2D eigenvalue weighted by Crippen LogP contribution is -2.28. The Morgan fingerprint density at radius 1 is 1.17 bits per heavy atom. The Balaban J connectivity index is 1.67. The van der Waals surface area contributed by atoms with Crippen LogP contribution >= 0.6 is 11.6 Å². The molecule has 0 unspecified atom stereocenters. The molecular formula is C18H20ClFN2O2. The van der Waals surface area contributed by atoms with Crippen molar-refractivity contribution in [2.24, 2.45) is 0 Å². The number of benzene rings is 2. The van der Waals surface area contributed by atoms with Crippen molar-refractivity contribution in [2.45, 2.75) is 6.42 Å². The van der Waals surface area contributed by atoms with Gasteiger partial charge in [-0.05, 0) is 31.3 Å². The normalized spacial score (nSPS) is 10.7. The summed E-state index contributed by atoms with van der Waals surface area (Å²) in [5.74, 6) is -0.244. The topological polar surface area (TPSA) is 41.6 Å². The summed E-state index contributed by atoms with van der Waals surface area (Å²) in [5, 5.41) is 3.29. The van der Waals surface area contributed by atoms with Crippen LogP contribution in [0.5, 0.6) is 5.75 Å². The lowest BCUT2D eigenvalue weighted by Gasteiger charge is -2.17. The molecule has 128 valence electrons. The molecule has 0 heterocycles. The molecule has 4 nitrogen and oxygen atoms in total. The van der Waals surface area contributed by atoms with Gasteiger partial charge in [0.25, 0.3) is 0 Å². The molecule has 0 fully saturated rings. The molecule has 0 aliphatic heterocycles. The van der Waals surface area contributed by atoms with Crippen molar-refractivity contribution in [3.8, 4) is 5.75 Å². The van der Waals surface area contributed by atoms with Gasteiger partial charge >= 0.3 is 0 Å². The van der Waals surface area contributed by atoms with E-state index in [1.165, 1.54) is 6.07 Å². The standard InChI is InChI=1S/C18H20ClFN2O2/c1-22(12-13-24-17-9-5-3-7-15(17)20)11-10-18(23)21-16-8-4-2-6-14(16)19/h2-9H,10-13H2,1H3,(H,21,23). The maximum atomic E-state index is 13.4. The largest absolute Gasteiger partial charge is 0.489 e. The average Bonchev–Trinajstić information content (AvgIpc) is 2.57. The van der Waals surface area contributed by atoms with E-state index in [0.29, 0.717) is 36.8 Å². The van der Waals surface area contributed by atoms with Crippen LogP contribution in [0.1, 0.15) is 6.42 Å². The molecular weight excluding hydrogens is 331 g/mol. The highest BCUT2D eigenvalue weighted by Gasteiger charge is 2.08. The van der Waals surface area contributed by atoms with Gasteiger partial charge in [-0.1, -0.05) is 35.9 Å². The summed E-state index contributed by atoms with van der Waals surface area (Å²) in [7, 11) is 1.88. The smallest absolute Gasteiger partial charge is 0.225 e. The van der Waals surface area contributed by atoms with Crippen LogP contribution < -0.4 is 10.1 Å². The van der Waals surface area contributed by atoms with Crippen LogP contribution in [-0.2, 0) is 4.79 Å². The van der Waals surface area contributed by atoms with Gasteiger partial charge in [0.1, 0.15) is 6.61 Å². The van der Waals surface area contributed by atoms with E-state index in [9.17, 15) is 9.18 Å². The molecule has 0 spiro atoms. The summed E-state index contributed by atoms with van der Waals surface area (Å²) in [5.41, 5.74) is 0.606. The first-order valence-electron chi connectivity index (χ1n) is 7.66. The van der Waals surface area contributed by atoms with Crippen molar-refractivity contribution in [1.29, 1.82) is 0 Å². The van der Waals surface area contributed by atoms with Crippen LogP contribution in [0.4, 0.5) is 10.1 Å². The lowest BCUT2D eigenvalue weighted by atomic mass is 10.3. The fourth-order valence-corrected chi connectivity index (χ4v) is 2.24. The number of rotatable bonds is 8. The minimum atomic E-state index is -0.376. The number of amides is 1. The first-order valence-corrected chi connectivity index (χ1v) is 8.04. The van der Waals surface area contributed by atoms with Crippen molar-refractivity contribution >= 4 is 23.2 Å². The van der Waals surface area contributed by atoms with Crippen LogP contribution in [0.3, 0.4) is 0 Å². The van der Waals surface area contributed by atoms with Gasteiger partial charge in [-0.2, -0.15) is 0 Å². The van der Waals surface area contributed by atoms with Crippen LogP contribution in [0.2, 0.25) is 5.02 Å². The average molecular weight is 351 g/mol. The first-order chi connectivity index (χ1) is 11.6. The molecule has 6 heteroatoms. The zero-order chi connectivity index (χ0) is 17.4. The Hall–Kier alpha value is -2.11. The molecule has 0 aromatic heterocycles. The van der Waals surface area contributed by atoms with Gasteiger partial charge in [-0.15, -0.1) is 0 Å². The SMILES string of the molecule is CN(CCOc1ccccc1F)CCC(=O)Nc1ccccc1Cl. The van der Waals surface area contributed by atoms with Gasteiger partial charge in [0, 0.05) is 19.5 Å². The molecule has 1 amide bonds. The highest BCUT2D eigenvalue weighted by atomic mass is 35.5. The minimum Gasteiger partial charge on any atom is -0.489 e. The monoisotopic (exact) mass is 350 g/mol. The Bertz CT molecular complexity index is 682. The zero-order valence-electron chi connectivity index (χ0n) is 13.5. The third-order valence-corrected chi connectivity index (χ3v) is 3.77. The molecule has 0 radical (unpaired) electrons. The minimum absolute atomic E-state index is 0.107. The van der Waals surface area contributed by atoms with Gasteiger partial charge in [0.15, 0.2) is 11.6 Å². The van der Waals surface area contributed by atoms with E-state index in [1.807, 2.05) is 18.0 Å². The number of carbonyl (C=O) groups excluding carboxylic acids is 1. The molecule has 2 aromatic rings. The van der Waals surface area contributed by atoms with Crippen LogP contribution in [0.25, 0.3) is 0 Å². The number of ether oxygens (including phenoxy) is 1. The van der Waals surface area contributed by atoms with E-state index < -0.39 is 0 Å². The van der Waals surface area contributed by atoms with Crippen molar-refractivity contribution in [3.05, 3.63) is 59.4 Å². The molecule has 24 heavy (non-hydrogen) atoms. The molecule has 0 saturated heterocycles. The fourth-order valence-electron chi connectivity index (χ4n) is 2.05. The molecule has 2 rings (SSSR count). The van der Waals surface area contributed by atoms with Crippen molar-refractivity contribution in [3.63, 3.8) is 0 Å². The fraction of sp³-hybridized carbons (Fsp3) is 0.278. The number of nitrogens with zero attached hydrogens (tertiary/aromatic N) is 1. The summed E-state index contributed by atoms with van der Waals surface area (Å²) in [6.07, 6.45) is 0.335. The Labute approximate surface area is 146 Å². The maximum absolute atomic E-state index is 13.4. The zero-order valence-corrected chi connectivity index (χ0v) is 14.2. The van der Waals surface area contributed by atoms with Crippen LogP contribution in [0, 0.1) is 5.82 Å². The number of carbonyl (C=O) groups is 1. The van der Waals surface area contributed by atoms with Crippen LogP contribution in [-0.4, -0.2) is 37.6 Å². The summed E-state index contributed by atoms with van der Waals surface area (Å²) in [6.45, 7) is 1.51. The molecule has 0 bridgehead atoms. The predicted octanol–water partition coefficient (Wildman–Crippen LogP) is 3.82. The Kier molecular flexibility index (Phi) is 7.03. The van der Waals surface area contributed by atoms with E-state index in [2.05, 4.69) is 5.32 Å².